The second-order valence-electron chi connectivity index (χ2n) is 5.50. The standard InChI is InChI=1S/C16H22N2O3.ClH/c1-2-7-18(13-5-6-17-11-13)16(19)12-3-4-14-15(10-12)21-9-8-20-14;/h3-4,10,13,17H,2,5-9,11H2,1H3;1H. The molecule has 1 aromatic rings. The minimum atomic E-state index is 0. The van der Waals surface area contributed by atoms with Crippen LogP contribution >= 0.6 is 12.4 Å². The predicted molar refractivity (Wildman–Crippen MR) is 87.3 cm³/mol. The van der Waals surface area contributed by atoms with Crippen LogP contribution in [0.5, 0.6) is 11.5 Å². The van der Waals surface area contributed by atoms with E-state index in [0.717, 1.165) is 38.2 Å². The normalized spacial score (nSPS) is 19.4. The predicted octanol–water partition coefficient (Wildman–Crippen LogP) is 2.09. The van der Waals surface area contributed by atoms with Gasteiger partial charge in [0.1, 0.15) is 13.2 Å². The first kappa shape index (κ1) is 16.9. The number of benzene rings is 1. The lowest BCUT2D eigenvalue weighted by Crippen LogP contribution is -2.42. The van der Waals surface area contributed by atoms with Crippen molar-refractivity contribution in [2.75, 3.05) is 32.8 Å². The molecular weight excluding hydrogens is 304 g/mol. The maximum Gasteiger partial charge on any atom is 0.254 e. The van der Waals surface area contributed by atoms with Gasteiger partial charge in [-0.15, -0.1) is 12.4 Å². The molecule has 0 spiro atoms. The van der Waals surface area contributed by atoms with E-state index in [9.17, 15) is 4.79 Å². The van der Waals surface area contributed by atoms with Gasteiger partial charge in [0.05, 0.1) is 0 Å². The highest BCUT2D eigenvalue weighted by Crippen LogP contribution is 2.31. The highest BCUT2D eigenvalue weighted by Gasteiger charge is 2.27. The van der Waals surface area contributed by atoms with Crippen molar-refractivity contribution >= 4 is 18.3 Å². The van der Waals surface area contributed by atoms with Gasteiger partial charge < -0.3 is 19.7 Å². The zero-order valence-corrected chi connectivity index (χ0v) is 13.7. The van der Waals surface area contributed by atoms with Crippen LogP contribution in [0.1, 0.15) is 30.1 Å². The Labute approximate surface area is 137 Å². The maximum absolute atomic E-state index is 12.8. The zero-order valence-electron chi connectivity index (χ0n) is 12.8. The lowest BCUT2D eigenvalue weighted by Gasteiger charge is -2.29. The Hall–Kier alpha value is -1.46. The van der Waals surface area contributed by atoms with E-state index in [1.807, 2.05) is 23.1 Å². The minimum Gasteiger partial charge on any atom is -0.486 e. The van der Waals surface area contributed by atoms with E-state index in [4.69, 9.17) is 9.47 Å². The molecular formula is C16H23ClN2O3. The summed E-state index contributed by atoms with van der Waals surface area (Å²) in [6.07, 6.45) is 1.99. The third-order valence-electron chi connectivity index (χ3n) is 3.99. The lowest BCUT2D eigenvalue weighted by molar-refractivity contribution is 0.0691. The fraction of sp³-hybridized carbons (Fsp3) is 0.562. The van der Waals surface area contributed by atoms with Gasteiger partial charge in [-0.1, -0.05) is 6.92 Å². The number of carbonyl (C=O) groups is 1. The molecule has 0 bridgehead atoms. The van der Waals surface area contributed by atoms with Crippen molar-refractivity contribution in [3.63, 3.8) is 0 Å². The average Bonchev–Trinajstić information content (AvgIpc) is 3.05. The van der Waals surface area contributed by atoms with Gasteiger partial charge >= 0.3 is 0 Å². The number of hydrogen-bond donors (Lipinski definition) is 1. The van der Waals surface area contributed by atoms with Crippen molar-refractivity contribution in [2.24, 2.45) is 0 Å². The molecule has 0 radical (unpaired) electrons. The van der Waals surface area contributed by atoms with Gasteiger partial charge in [-0.3, -0.25) is 4.79 Å². The summed E-state index contributed by atoms with van der Waals surface area (Å²) in [4.78, 5) is 14.8. The Kier molecular flexibility index (Phi) is 5.91. The third kappa shape index (κ3) is 3.47. The summed E-state index contributed by atoms with van der Waals surface area (Å²) in [5, 5.41) is 3.33. The monoisotopic (exact) mass is 326 g/mol. The Morgan fingerprint density at radius 1 is 1.32 bits per heavy atom. The van der Waals surface area contributed by atoms with Gasteiger partial charge in [-0.2, -0.15) is 0 Å². The van der Waals surface area contributed by atoms with Crippen molar-refractivity contribution < 1.29 is 14.3 Å². The van der Waals surface area contributed by atoms with E-state index in [1.54, 1.807) is 0 Å². The number of halogens is 1. The summed E-state index contributed by atoms with van der Waals surface area (Å²) in [6.45, 7) is 5.87. The number of carbonyl (C=O) groups excluding carboxylic acids is 1. The van der Waals surface area contributed by atoms with Crippen LogP contribution in [0.25, 0.3) is 0 Å². The third-order valence-corrected chi connectivity index (χ3v) is 3.99. The number of nitrogens with one attached hydrogen (secondary N) is 1. The fourth-order valence-corrected chi connectivity index (χ4v) is 2.94. The quantitative estimate of drug-likeness (QED) is 0.920. The highest BCUT2D eigenvalue weighted by molar-refractivity contribution is 5.95. The molecule has 22 heavy (non-hydrogen) atoms. The number of rotatable bonds is 4. The van der Waals surface area contributed by atoms with Crippen LogP contribution in [-0.2, 0) is 0 Å². The first-order valence-corrected chi connectivity index (χ1v) is 7.71. The van der Waals surface area contributed by atoms with E-state index >= 15 is 0 Å². The minimum absolute atomic E-state index is 0. The molecule has 0 saturated carbocycles. The summed E-state index contributed by atoms with van der Waals surface area (Å²) in [5.41, 5.74) is 0.680. The maximum atomic E-state index is 12.8. The molecule has 1 N–H and O–H groups in total. The van der Waals surface area contributed by atoms with E-state index in [0.29, 0.717) is 30.6 Å². The summed E-state index contributed by atoms with van der Waals surface area (Å²) in [6, 6.07) is 5.77. The van der Waals surface area contributed by atoms with Crippen LogP contribution < -0.4 is 14.8 Å². The fourth-order valence-electron chi connectivity index (χ4n) is 2.94. The largest absolute Gasteiger partial charge is 0.486 e. The molecule has 0 aliphatic carbocycles. The van der Waals surface area contributed by atoms with E-state index in [2.05, 4.69) is 12.2 Å². The van der Waals surface area contributed by atoms with Gasteiger partial charge in [0, 0.05) is 24.7 Å². The summed E-state index contributed by atoms with van der Waals surface area (Å²) in [5.74, 6) is 1.48. The lowest BCUT2D eigenvalue weighted by atomic mass is 10.1. The number of ether oxygens (including phenoxy) is 2. The molecule has 0 aromatic heterocycles. The molecule has 1 unspecified atom stereocenters. The molecule has 122 valence electrons. The number of fused-ring (bicyclic) bond motifs is 1. The van der Waals surface area contributed by atoms with Crippen molar-refractivity contribution in [1.82, 2.24) is 10.2 Å². The Balaban J connectivity index is 0.00000176. The highest BCUT2D eigenvalue weighted by atomic mass is 35.5. The van der Waals surface area contributed by atoms with Crippen molar-refractivity contribution in [2.45, 2.75) is 25.8 Å². The molecule has 1 aromatic carbocycles. The second-order valence-corrected chi connectivity index (χ2v) is 5.50. The molecule has 2 heterocycles. The van der Waals surface area contributed by atoms with Gasteiger partial charge in [0.25, 0.3) is 5.91 Å². The topological polar surface area (TPSA) is 50.8 Å². The van der Waals surface area contributed by atoms with Crippen LogP contribution in [-0.4, -0.2) is 49.7 Å². The molecule has 1 saturated heterocycles. The number of nitrogens with zero attached hydrogens (tertiary/aromatic N) is 1. The van der Waals surface area contributed by atoms with Gasteiger partial charge in [-0.05, 0) is 37.6 Å². The summed E-state index contributed by atoms with van der Waals surface area (Å²) >= 11 is 0. The second kappa shape index (κ2) is 7.70. The Bertz CT molecular complexity index is 518. The van der Waals surface area contributed by atoms with E-state index < -0.39 is 0 Å². The Morgan fingerprint density at radius 2 is 2.09 bits per heavy atom. The van der Waals surface area contributed by atoms with Crippen LogP contribution in [0.2, 0.25) is 0 Å². The van der Waals surface area contributed by atoms with Gasteiger partial charge in [0.2, 0.25) is 0 Å². The number of hydrogen-bond acceptors (Lipinski definition) is 4. The first-order valence-electron chi connectivity index (χ1n) is 7.71. The smallest absolute Gasteiger partial charge is 0.254 e. The van der Waals surface area contributed by atoms with Crippen LogP contribution in [0.3, 0.4) is 0 Å². The van der Waals surface area contributed by atoms with Crippen LogP contribution in [0.4, 0.5) is 0 Å². The van der Waals surface area contributed by atoms with Crippen LogP contribution in [0, 0.1) is 0 Å². The molecule has 1 atom stereocenters. The molecule has 1 amide bonds. The van der Waals surface area contributed by atoms with E-state index in [1.165, 1.54) is 0 Å². The molecule has 5 nitrogen and oxygen atoms in total. The molecule has 6 heteroatoms. The molecule has 1 fully saturated rings. The zero-order chi connectivity index (χ0) is 14.7. The van der Waals surface area contributed by atoms with Crippen LogP contribution in [0.15, 0.2) is 18.2 Å². The Morgan fingerprint density at radius 3 is 2.77 bits per heavy atom. The van der Waals surface area contributed by atoms with Gasteiger partial charge in [0.15, 0.2) is 11.5 Å². The van der Waals surface area contributed by atoms with Crippen molar-refractivity contribution in [1.29, 1.82) is 0 Å². The van der Waals surface area contributed by atoms with E-state index in [-0.39, 0.29) is 18.3 Å². The SMILES string of the molecule is CCCN(C(=O)c1ccc2c(c1)OCCO2)C1CCNC1.Cl. The summed E-state index contributed by atoms with van der Waals surface area (Å²) < 4.78 is 11.1. The summed E-state index contributed by atoms with van der Waals surface area (Å²) in [7, 11) is 0. The molecule has 2 aliphatic heterocycles. The number of amides is 1. The van der Waals surface area contributed by atoms with Gasteiger partial charge in [-0.25, -0.2) is 0 Å². The first-order chi connectivity index (χ1) is 10.3. The molecule has 3 rings (SSSR count). The molecule has 2 aliphatic rings. The average molecular weight is 327 g/mol. The van der Waals surface area contributed by atoms with Crippen molar-refractivity contribution in [3.05, 3.63) is 23.8 Å². The van der Waals surface area contributed by atoms with Crippen molar-refractivity contribution in [3.8, 4) is 11.5 Å².